The molecule has 1 N–H and O–H groups in total. The molecule has 0 amide bonds. The number of nitrogens with zero attached hydrogens (tertiary/aromatic N) is 4. The first-order valence-electron chi connectivity index (χ1n) is 9.69. The summed E-state index contributed by atoms with van der Waals surface area (Å²) in [6.45, 7) is 7.09. The third-order valence-corrected chi connectivity index (χ3v) is 5.59. The second-order valence-corrected chi connectivity index (χ2v) is 7.32. The summed E-state index contributed by atoms with van der Waals surface area (Å²) in [6, 6.07) is 9.57. The van der Waals surface area contributed by atoms with Crippen LogP contribution in [0.25, 0.3) is 0 Å². The number of anilines is 1. The van der Waals surface area contributed by atoms with Gasteiger partial charge in [0.05, 0.1) is 12.8 Å². The number of halogens is 1. The largest absolute Gasteiger partial charge is 0.495 e. The number of methoxy groups -OCH3 is 1. The Morgan fingerprint density at radius 3 is 2.52 bits per heavy atom. The summed E-state index contributed by atoms with van der Waals surface area (Å²) in [5.41, 5.74) is 1.18. The number of para-hydroxylation sites is 2. The average molecular weight is 487 g/mol. The lowest BCUT2D eigenvalue weighted by Crippen LogP contribution is -2.54. The van der Waals surface area contributed by atoms with E-state index in [0.29, 0.717) is 6.04 Å². The van der Waals surface area contributed by atoms with Gasteiger partial charge in [0.15, 0.2) is 5.96 Å². The zero-order valence-electron chi connectivity index (χ0n) is 17.0. The van der Waals surface area contributed by atoms with Gasteiger partial charge in [0, 0.05) is 51.9 Å². The predicted octanol–water partition coefficient (Wildman–Crippen LogP) is 2.49. The van der Waals surface area contributed by atoms with Crippen molar-refractivity contribution >= 4 is 35.6 Å². The van der Waals surface area contributed by atoms with Gasteiger partial charge in [0.1, 0.15) is 5.75 Å². The highest BCUT2D eigenvalue weighted by Gasteiger charge is 2.29. The first-order chi connectivity index (χ1) is 12.6. The molecule has 1 aromatic rings. The Labute approximate surface area is 181 Å². The molecule has 1 heterocycles. The van der Waals surface area contributed by atoms with Crippen molar-refractivity contribution in [3.8, 4) is 5.75 Å². The summed E-state index contributed by atoms with van der Waals surface area (Å²) in [5.74, 6) is 1.96. The fourth-order valence-corrected chi connectivity index (χ4v) is 3.61. The normalized spacial score (nSPS) is 18.9. The molecule has 2 fully saturated rings. The minimum atomic E-state index is 0. The smallest absolute Gasteiger partial charge is 0.193 e. The molecule has 1 aliphatic carbocycles. The van der Waals surface area contributed by atoms with Gasteiger partial charge in [-0.25, -0.2) is 0 Å². The topological polar surface area (TPSA) is 43.3 Å². The van der Waals surface area contributed by atoms with Crippen LogP contribution in [-0.2, 0) is 0 Å². The number of piperazine rings is 1. The molecular weight excluding hydrogens is 453 g/mol. The molecule has 1 aliphatic heterocycles. The van der Waals surface area contributed by atoms with Crippen molar-refractivity contribution in [3.05, 3.63) is 24.3 Å². The lowest BCUT2D eigenvalue weighted by molar-refractivity contribution is 0.245. The highest BCUT2D eigenvalue weighted by Crippen LogP contribution is 2.28. The van der Waals surface area contributed by atoms with E-state index in [1.165, 1.54) is 18.5 Å². The van der Waals surface area contributed by atoms with Crippen LogP contribution >= 0.6 is 24.0 Å². The van der Waals surface area contributed by atoms with Gasteiger partial charge in [-0.15, -0.1) is 24.0 Å². The fraction of sp³-hybridized carbons (Fsp3) is 0.650. The Morgan fingerprint density at radius 1 is 1.26 bits per heavy atom. The summed E-state index contributed by atoms with van der Waals surface area (Å²) in [4.78, 5) is 11.7. The van der Waals surface area contributed by atoms with Crippen LogP contribution in [0.3, 0.4) is 0 Å². The third-order valence-electron chi connectivity index (χ3n) is 5.59. The molecule has 27 heavy (non-hydrogen) atoms. The van der Waals surface area contributed by atoms with Crippen LogP contribution in [-0.4, -0.2) is 81.8 Å². The number of guanidine groups is 1. The van der Waals surface area contributed by atoms with Crippen molar-refractivity contribution in [1.29, 1.82) is 0 Å². The molecule has 3 rings (SSSR count). The molecule has 7 heteroatoms. The number of rotatable bonds is 6. The van der Waals surface area contributed by atoms with E-state index >= 15 is 0 Å². The summed E-state index contributed by atoms with van der Waals surface area (Å²) in [5, 5.41) is 3.57. The number of hydrogen-bond donors (Lipinski definition) is 1. The molecule has 1 atom stereocenters. The zero-order chi connectivity index (χ0) is 18.5. The van der Waals surface area contributed by atoms with E-state index in [1.807, 2.05) is 19.2 Å². The highest BCUT2D eigenvalue weighted by molar-refractivity contribution is 14.0. The van der Waals surface area contributed by atoms with E-state index in [9.17, 15) is 0 Å². The molecular formula is C20H34IN5O. The number of likely N-dealkylation sites (N-methyl/N-ethyl adjacent to an activating group) is 1. The van der Waals surface area contributed by atoms with E-state index in [4.69, 9.17) is 4.74 Å². The Morgan fingerprint density at radius 2 is 1.93 bits per heavy atom. The third kappa shape index (κ3) is 5.63. The lowest BCUT2D eigenvalue weighted by Gasteiger charge is -2.38. The van der Waals surface area contributed by atoms with Crippen LogP contribution in [0.15, 0.2) is 29.3 Å². The molecule has 2 aliphatic rings. The summed E-state index contributed by atoms with van der Waals surface area (Å²) in [6.07, 6.45) is 2.70. The van der Waals surface area contributed by atoms with Crippen LogP contribution in [0.2, 0.25) is 0 Å². The van der Waals surface area contributed by atoms with Gasteiger partial charge in [-0.05, 0) is 38.9 Å². The number of benzene rings is 1. The molecule has 0 spiro atoms. The van der Waals surface area contributed by atoms with Crippen molar-refractivity contribution in [2.24, 2.45) is 4.99 Å². The van der Waals surface area contributed by atoms with Gasteiger partial charge in [-0.2, -0.15) is 0 Å². The quantitative estimate of drug-likeness (QED) is 0.380. The standard InChI is InChI=1S/C20H33N5O.HI/c1-16(23(3)17-9-10-17)15-22-20(21-2)25-13-11-24(12-14-25)18-7-5-6-8-19(18)26-4;/h5-8,16-17H,9-15H2,1-4H3,(H,21,22);1H. The minimum absolute atomic E-state index is 0. The SMILES string of the molecule is CN=C(NCC(C)N(C)C1CC1)N1CCN(c2ccccc2OC)CC1.I. The van der Waals surface area contributed by atoms with Gasteiger partial charge >= 0.3 is 0 Å². The molecule has 1 saturated carbocycles. The second-order valence-electron chi connectivity index (χ2n) is 7.32. The van der Waals surface area contributed by atoms with Crippen molar-refractivity contribution < 1.29 is 4.74 Å². The van der Waals surface area contributed by atoms with Crippen LogP contribution in [0.5, 0.6) is 5.75 Å². The molecule has 152 valence electrons. The maximum Gasteiger partial charge on any atom is 0.193 e. The molecule has 6 nitrogen and oxygen atoms in total. The number of aliphatic imine (C=N–C) groups is 1. The Bertz CT molecular complexity index is 614. The minimum Gasteiger partial charge on any atom is -0.495 e. The molecule has 1 unspecified atom stereocenters. The molecule has 0 aromatic heterocycles. The molecule has 1 aromatic carbocycles. The van der Waals surface area contributed by atoms with Crippen molar-refractivity contribution in [3.63, 3.8) is 0 Å². The van der Waals surface area contributed by atoms with E-state index in [2.05, 4.69) is 51.1 Å². The maximum atomic E-state index is 5.51. The predicted molar refractivity (Wildman–Crippen MR) is 124 cm³/mol. The fourth-order valence-electron chi connectivity index (χ4n) is 3.61. The lowest BCUT2D eigenvalue weighted by atomic mass is 10.2. The summed E-state index contributed by atoms with van der Waals surface area (Å²) in [7, 11) is 5.85. The van der Waals surface area contributed by atoms with Crippen LogP contribution in [0.1, 0.15) is 19.8 Å². The molecule has 0 bridgehead atoms. The average Bonchev–Trinajstić information content (AvgIpc) is 3.53. The number of nitrogens with one attached hydrogen (secondary N) is 1. The zero-order valence-corrected chi connectivity index (χ0v) is 19.3. The second kappa shape index (κ2) is 10.4. The van der Waals surface area contributed by atoms with Gasteiger partial charge < -0.3 is 19.9 Å². The summed E-state index contributed by atoms with van der Waals surface area (Å²) >= 11 is 0. The van der Waals surface area contributed by atoms with E-state index in [1.54, 1.807) is 7.11 Å². The molecule has 1 saturated heterocycles. The first-order valence-corrected chi connectivity index (χ1v) is 9.69. The molecule has 0 radical (unpaired) electrons. The Kier molecular flexibility index (Phi) is 8.47. The van der Waals surface area contributed by atoms with Crippen LogP contribution in [0, 0.1) is 0 Å². The Hall–Kier alpha value is -1.22. The van der Waals surface area contributed by atoms with E-state index < -0.39 is 0 Å². The maximum absolute atomic E-state index is 5.51. The Balaban J connectivity index is 0.00000261. The highest BCUT2D eigenvalue weighted by atomic mass is 127. The van der Waals surface area contributed by atoms with Gasteiger partial charge in [0.2, 0.25) is 0 Å². The van der Waals surface area contributed by atoms with Crippen molar-refractivity contribution in [2.75, 3.05) is 58.8 Å². The monoisotopic (exact) mass is 487 g/mol. The van der Waals surface area contributed by atoms with Crippen molar-refractivity contribution in [2.45, 2.75) is 31.8 Å². The first kappa shape index (κ1) is 22.1. The van der Waals surface area contributed by atoms with Crippen LogP contribution in [0.4, 0.5) is 5.69 Å². The van der Waals surface area contributed by atoms with E-state index in [-0.39, 0.29) is 24.0 Å². The summed E-state index contributed by atoms with van der Waals surface area (Å²) < 4.78 is 5.51. The van der Waals surface area contributed by atoms with E-state index in [0.717, 1.165) is 50.5 Å². The number of hydrogen-bond acceptors (Lipinski definition) is 4. The van der Waals surface area contributed by atoms with Crippen LogP contribution < -0.4 is 15.0 Å². The van der Waals surface area contributed by atoms with Gasteiger partial charge in [0.25, 0.3) is 0 Å². The van der Waals surface area contributed by atoms with Crippen molar-refractivity contribution in [1.82, 2.24) is 15.1 Å². The number of ether oxygens (including phenoxy) is 1. The van der Waals surface area contributed by atoms with Gasteiger partial charge in [-0.1, -0.05) is 12.1 Å². The van der Waals surface area contributed by atoms with Gasteiger partial charge in [-0.3, -0.25) is 9.89 Å².